The van der Waals surface area contributed by atoms with Gasteiger partial charge in [0, 0.05) is 17.8 Å². The van der Waals surface area contributed by atoms with Crippen molar-refractivity contribution < 1.29 is 0 Å². The number of aromatic nitrogens is 2. The normalized spacial score (nSPS) is 14.8. The van der Waals surface area contributed by atoms with Crippen LogP contribution in [-0.2, 0) is 0 Å². The average molecular weight is 229 g/mol. The van der Waals surface area contributed by atoms with Crippen molar-refractivity contribution in [3.63, 3.8) is 0 Å². The van der Waals surface area contributed by atoms with Gasteiger partial charge in [-0.1, -0.05) is 0 Å². The van der Waals surface area contributed by atoms with Gasteiger partial charge >= 0.3 is 0 Å². The second-order valence-corrected chi connectivity index (χ2v) is 4.27. The Balaban J connectivity index is 2.08. The number of aliphatic imine (C=N–C) groups is 1. The lowest BCUT2D eigenvalue weighted by atomic mass is 10.1. The number of nitrogens with zero attached hydrogens (tertiary/aromatic N) is 2. The Bertz CT molecular complexity index is 596. The molecule has 2 heterocycles. The molecular weight excluding hydrogens is 214 g/mol. The number of anilines is 1. The van der Waals surface area contributed by atoms with Gasteiger partial charge in [0.25, 0.3) is 0 Å². The number of aryl methyl sites for hydroxylation is 2. The zero-order chi connectivity index (χ0) is 11.8. The van der Waals surface area contributed by atoms with Gasteiger partial charge in [0.2, 0.25) is 0 Å². The highest BCUT2D eigenvalue weighted by atomic mass is 15.2. The van der Waals surface area contributed by atoms with E-state index in [1.165, 1.54) is 5.56 Å². The highest BCUT2D eigenvalue weighted by Gasteiger charge is 2.12. The summed E-state index contributed by atoms with van der Waals surface area (Å²) in [4.78, 5) is 11.8. The molecule has 17 heavy (non-hydrogen) atoms. The Morgan fingerprint density at radius 1 is 1.35 bits per heavy atom. The molecule has 88 valence electrons. The van der Waals surface area contributed by atoms with Gasteiger partial charge in [0.05, 0.1) is 23.9 Å². The molecule has 0 unspecified atom stereocenters. The molecule has 0 amide bonds. The minimum atomic E-state index is 0.838. The Hall–Kier alpha value is -2.04. The number of benzene rings is 1. The van der Waals surface area contributed by atoms with Crippen LogP contribution in [0, 0.1) is 13.8 Å². The molecule has 5 heteroatoms. The summed E-state index contributed by atoms with van der Waals surface area (Å²) in [5.74, 6) is 0.853. The number of imidazole rings is 1. The Kier molecular flexibility index (Phi) is 2.24. The van der Waals surface area contributed by atoms with Gasteiger partial charge in [0.1, 0.15) is 0 Å². The number of aromatic amines is 1. The maximum absolute atomic E-state index is 4.35. The van der Waals surface area contributed by atoms with E-state index in [9.17, 15) is 0 Å². The summed E-state index contributed by atoms with van der Waals surface area (Å²) in [7, 11) is 0. The van der Waals surface area contributed by atoms with Gasteiger partial charge < -0.3 is 15.6 Å². The van der Waals surface area contributed by atoms with E-state index in [2.05, 4.69) is 45.5 Å². The molecule has 0 bridgehead atoms. The van der Waals surface area contributed by atoms with Crippen molar-refractivity contribution >= 4 is 22.7 Å². The van der Waals surface area contributed by atoms with E-state index in [1.54, 1.807) is 6.33 Å². The summed E-state index contributed by atoms with van der Waals surface area (Å²) in [6.45, 7) is 5.91. The molecule has 0 saturated carbocycles. The summed E-state index contributed by atoms with van der Waals surface area (Å²) in [6, 6.07) is 2.10. The number of rotatable bonds is 1. The van der Waals surface area contributed by atoms with Crippen LogP contribution in [0.3, 0.4) is 0 Å². The van der Waals surface area contributed by atoms with Crippen LogP contribution in [0.25, 0.3) is 11.0 Å². The molecular formula is C12H15N5. The number of fused-ring (bicyclic) bond motifs is 1. The number of H-pyrrole nitrogens is 1. The topological polar surface area (TPSA) is 65.1 Å². The smallest absolute Gasteiger partial charge is 0.195 e. The third-order valence-electron chi connectivity index (χ3n) is 3.07. The van der Waals surface area contributed by atoms with Crippen LogP contribution in [0.4, 0.5) is 5.69 Å². The minimum Gasteiger partial charge on any atom is -0.354 e. The van der Waals surface area contributed by atoms with E-state index in [0.717, 1.165) is 41.3 Å². The van der Waals surface area contributed by atoms with Crippen LogP contribution >= 0.6 is 0 Å². The molecule has 0 radical (unpaired) electrons. The summed E-state index contributed by atoms with van der Waals surface area (Å²) in [5, 5.41) is 6.56. The third kappa shape index (κ3) is 1.63. The molecule has 0 fully saturated rings. The van der Waals surface area contributed by atoms with Crippen molar-refractivity contribution in [2.24, 2.45) is 4.99 Å². The number of guanidine groups is 1. The quantitative estimate of drug-likeness (QED) is 0.695. The van der Waals surface area contributed by atoms with E-state index in [-0.39, 0.29) is 0 Å². The fourth-order valence-corrected chi connectivity index (χ4v) is 2.21. The Labute approximate surface area is 99.4 Å². The molecule has 1 aromatic heterocycles. The highest BCUT2D eigenvalue weighted by molar-refractivity contribution is 5.98. The number of nitrogens with one attached hydrogen (secondary N) is 3. The number of hydrogen-bond donors (Lipinski definition) is 3. The first-order valence-corrected chi connectivity index (χ1v) is 5.74. The predicted molar refractivity (Wildman–Crippen MR) is 69.5 cm³/mol. The summed E-state index contributed by atoms with van der Waals surface area (Å²) in [6.07, 6.45) is 1.73. The second kappa shape index (κ2) is 3.76. The van der Waals surface area contributed by atoms with Crippen LogP contribution in [-0.4, -0.2) is 29.0 Å². The third-order valence-corrected chi connectivity index (χ3v) is 3.07. The van der Waals surface area contributed by atoms with Crippen molar-refractivity contribution in [2.75, 3.05) is 18.4 Å². The van der Waals surface area contributed by atoms with Crippen molar-refractivity contribution in [3.8, 4) is 0 Å². The van der Waals surface area contributed by atoms with Gasteiger partial charge in [-0.2, -0.15) is 0 Å². The zero-order valence-electron chi connectivity index (χ0n) is 9.96. The Morgan fingerprint density at radius 3 is 3.00 bits per heavy atom. The highest BCUT2D eigenvalue weighted by Crippen LogP contribution is 2.27. The van der Waals surface area contributed by atoms with Gasteiger partial charge in [-0.25, -0.2) is 4.98 Å². The van der Waals surface area contributed by atoms with Gasteiger partial charge in [0.15, 0.2) is 5.96 Å². The van der Waals surface area contributed by atoms with E-state index in [1.807, 2.05) is 0 Å². The van der Waals surface area contributed by atoms with Gasteiger partial charge in [-0.3, -0.25) is 4.99 Å². The summed E-state index contributed by atoms with van der Waals surface area (Å²) in [5.41, 5.74) is 5.52. The van der Waals surface area contributed by atoms with Gasteiger partial charge in [-0.15, -0.1) is 0 Å². The Morgan fingerprint density at radius 2 is 2.24 bits per heavy atom. The molecule has 1 aliphatic heterocycles. The fraction of sp³-hybridized carbons (Fsp3) is 0.333. The maximum Gasteiger partial charge on any atom is 0.195 e. The van der Waals surface area contributed by atoms with Crippen LogP contribution in [0.1, 0.15) is 11.1 Å². The van der Waals surface area contributed by atoms with E-state index in [4.69, 9.17) is 0 Å². The molecule has 1 aliphatic rings. The van der Waals surface area contributed by atoms with Crippen molar-refractivity contribution in [3.05, 3.63) is 23.5 Å². The standard InChI is InChI=1S/C12H15N5/c1-7-5-9-11(16-6-15-9)8(2)10(7)17-12-13-3-4-14-12/h5-6H,3-4H2,1-2H3,(H,15,16)(H2,13,14,17). The monoisotopic (exact) mass is 229 g/mol. The van der Waals surface area contributed by atoms with Gasteiger partial charge in [-0.05, 0) is 25.5 Å². The summed E-state index contributed by atoms with van der Waals surface area (Å²) >= 11 is 0. The first kappa shape index (κ1) is 10.1. The molecule has 1 aromatic carbocycles. The average Bonchev–Trinajstić information content (AvgIpc) is 2.94. The number of hydrogen-bond acceptors (Lipinski definition) is 4. The zero-order valence-corrected chi connectivity index (χ0v) is 9.96. The first-order chi connectivity index (χ1) is 8.25. The predicted octanol–water partition coefficient (Wildman–Crippen LogP) is 1.55. The molecule has 5 nitrogen and oxygen atoms in total. The molecule has 0 spiro atoms. The largest absolute Gasteiger partial charge is 0.354 e. The molecule has 0 aliphatic carbocycles. The van der Waals surface area contributed by atoms with E-state index >= 15 is 0 Å². The van der Waals surface area contributed by atoms with E-state index < -0.39 is 0 Å². The molecule has 2 aromatic rings. The lowest BCUT2D eigenvalue weighted by Crippen LogP contribution is -2.26. The SMILES string of the molecule is Cc1cc2[nH]cnc2c(C)c1NC1=NCCN1. The van der Waals surface area contributed by atoms with Crippen LogP contribution in [0.2, 0.25) is 0 Å². The first-order valence-electron chi connectivity index (χ1n) is 5.74. The molecule has 3 N–H and O–H groups in total. The van der Waals surface area contributed by atoms with Crippen molar-refractivity contribution in [1.82, 2.24) is 15.3 Å². The van der Waals surface area contributed by atoms with Crippen LogP contribution in [0.5, 0.6) is 0 Å². The summed E-state index contributed by atoms with van der Waals surface area (Å²) < 4.78 is 0. The van der Waals surface area contributed by atoms with E-state index in [0.29, 0.717) is 0 Å². The molecule has 0 saturated heterocycles. The van der Waals surface area contributed by atoms with Crippen LogP contribution < -0.4 is 10.6 Å². The van der Waals surface area contributed by atoms with Crippen molar-refractivity contribution in [1.29, 1.82) is 0 Å². The minimum absolute atomic E-state index is 0.838. The van der Waals surface area contributed by atoms with Crippen molar-refractivity contribution in [2.45, 2.75) is 13.8 Å². The second-order valence-electron chi connectivity index (χ2n) is 4.27. The molecule has 0 atom stereocenters. The molecule has 3 rings (SSSR count). The maximum atomic E-state index is 4.35. The van der Waals surface area contributed by atoms with Crippen LogP contribution in [0.15, 0.2) is 17.4 Å². The lowest BCUT2D eigenvalue weighted by molar-refractivity contribution is 0.959. The fourth-order valence-electron chi connectivity index (χ4n) is 2.21. The lowest BCUT2D eigenvalue weighted by Gasteiger charge is -2.13.